The van der Waals surface area contributed by atoms with Crippen molar-refractivity contribution in [2.75, 3.05) is 6.54 Å². The molecule has 3 heterocycles. The molecular formula is C24H28F2N4O4. The molecule has 1 aromatic rings. The number of alkyl halides is 2. The molecule has 10 heteroatoms. The van der Waals surface area contributed by atoms with E-state index in [9.17, 15) is 33.5 Å². The number of rotatable bonds is 6. The summed E-state index contributed by atoms with van der Waals surface area (Å²) in [6.07, 6.45) is -0.419. The summed E-state index contributed by atoms with van der Waals surface area (Å²) in [6.45, 7) is 0.556. The van der Waals surface area contributed by atoms with Gasteiger partial charge >= 0.3 is 0 Å². The molecule has 3 saturated heterocycles. The number of aliphatic hydroxyl groups is 1. The Hall–Kier alpha value is -3.06. The van der Waals surface area contributed by atoms with Gasteiger partial charge in [0.25, 0.3) is 11.8 Å². The monoisotopic (exact) mass is 474 g/mol. The normalized spacial score (nSPS) is 29.5. The van der Waals surface area contributed by atoms with Gasteiger partial charge in [-0.15, -0.1) is 0 Å². The molecule has 1 aliphatic carbocycles. The lowest BCUT2D eigenvalue weighted by atomic mass is 9.71. The van der Waals surface area contributed by atoms with Crippen molar-refractivity contribution >= 4 is 17.7 Å². The van der Waals surface area contributed by atoms with Crippen LogP contribution in [0.4, 0.5) is 8.78 Å². The number of carbonyl (C=O) groups is 3. The first-order valence-electron chi connectivity index (χ1n) is 11.6. The summed E-state index contributed by atoms with van der Waals surface area (Å²) in [7, 11) is 0. The second-order valence-electron chi connectivity index (χ2n) is 9.36. The number of nitrogens with one attached hydrogen (secondary N) is 2. The van der Waals surface area contributed by atoms with Crippen LogP contribution in [0.1, 0.15) is 50.2 Å². The van der Waals surface area contributed by atoms with Gasteiger partial charge in [0.05, 0.1) is 12.0 Å². The van der Waals surface area contributed by atoms with Gasteiger partial charge in [0.2, 0.25) is 11.8 Å². The van der Waals surface area contributed by atoms with Crippen LogP contribution >= 0.6 is 0 Å². The number of carbonyl (C=O) groups excluding carboxylic acids is 3. The molecule has 4 fully saturated rings. The van der Waals surface area contributed by atoms with Gasteiger partial charge in [0, 0.05) is 24.9 Å². The lowest BCUT2D eigenvalue weighted by Gasteiger charge is -2.54. The molecule has 5 rings (SSSR count). The molecule has 182 valence electrons. The van der Waals surface area contributed by atoms with E-state index >= 15 is 0 Å². The first-order valence-corrected chi connectivity index (χ1v) is 11.6. The molecule has 6 atom stereocenters. The van der Waals surface area contributed by atoms with Crippen LogP contribution in [0.25, 0.3) is 0 Å². The molecule has 0 spiro atoms. The van der Waals surface area contributed by atoms with E-state index in [1.54, 1.807) is 30.3 Å². The average Bonchev–Trinajstić information content (AvgIpc) is 2.83. The molecular weight excluding hydrogens is 446 g/mol. The van der Waals surface area contributed by atoms with E-state index in [1.807, 2.05) is 6.07 Å². The van der Waals surface area contributed by atoms with E-state index in [0.717, 1.165) is 11.3 Å². The first-order chi connectivity index (χ1) is 16.2. The Kier molecular flexibility index (Phi) is 6.84. The van der Waals surface area contributed by atoms with Crippen molar-refractivity contribution in [3.63, 3.8) is 0 Å². The van der Waals surface area contributed by atoms with Crippen LogP contribution in [0, 0.1) is 23.2 Å². The van der Waals surface area contributed by atoms with Crippen molar-refractivity contribution < 1.29 is 28.3 Å². The van der Waals surface area contributed by atoms with Crippen molar-refractivity contribution in [2.24, 2.45) is 11.8 Å². The van der Waals surface area contributed by atoms with E-state index in [4.69, 9.17) is 0 Å². The summed E-state index contributed by atoms with van der Waals surface area (Å²) in [6, 6.07) is 6.58. The number of hydrogen-bond acceptors (Lipinski definition) is 5. The van der Waals surface area contributed by atoms with Crippen molar-refractivity contribution in [2.45, 2.75) is 68.7 Å². The van der Waals surface area contributed by atoms with Gasteiger partial charge in [-0.05, 0) is 37.7 Å². The number of benzene rings is 1. The SMILES string of the molecule is N#C[C@H](C[C@@H]1CCCNC1=O)NC(=O)[C@H]1[C@@H]2CC[C@@H](CC2(F)F)N1C(=O)[C@@H](O)c1ccccc1. The van der Waals surface area contributed by atoms with Gasteiger partial charge in [0.15, 0.2) is 6.10 Å². The number of amides is 3. The molecule has 3 amide bonds. The summed E-state index contributed by atoms with van der Waals surface area (Å²) in [4.78, 5) is 39.7. The molecule has 3 N–H and O–H groups in total. The van der Waals surface area contributed by atoms with Crippen molar-refractivity contribution in [3.05, 3.63) is 35.9 Å². The third-order valence-electron chi connectivity index (χ3n) is 7.20. The van der Waals surface area contributed by atoms with Crippen LogP contribution in [-0.2, 0) is 14.4 Å². The second kappa shape index (κ2) is 9.66. The number of halogens is 2. The molecule has 1 saturated carbocycles. The molecule has 3 aliphatic heterocycles. The first kappa shape index (κ1) is 24.1. The Morgan fingerprint density at radius 3 is 2.65 bits per heavy atom. The Labute approximate surface area is 196 Å². The minimum atomic E-state index is -3.15. The standard InChI is InChI=1S/C24H28F2N4O4/c25-24(26)12-17-8-9-18(24)19(30(17)23(34)20(31)14-5-2-1-3-6-14)22(33)29-16(13-27)11-15-7-4-10-28-21(15)32/h1-3,5-6,15-20,31H,4,7-12H2,(H,28,32)(H,29,33)/t15-,16-,17-,18-,19+,20-/m0/s1. The summed E-state index contributed by atoms with van der Waals surface area (Å²) in [5, 5.41) is 25.5. The number of nitriles is 1. The van der Waals surface area contributed by atoms with E-state index < -0.39 is 60.2 Å². The maximum Gasteiger partial charge on any atom is 0.256 e. The summed E-state index contributed by atoms with van der Waals surface area (Å²) < 4.78 is 29.6. The number of aliphatic hydroxyl groups excluding tert-OH is 1. The molecule has 0 radical (unpaired) electrons. The minimum absolute atomic E-state index is 0.0587. The van der Waals surface area contributed by atoms with E-state index in [1.165, 1.54) is 0 Å². The summed E-state index contributed by atoms with van der Waals surface area (Å²) in [5.41, 5.74) is 0.304. The van der Waals surface area contributed by atoms with Gasteiger partial charge in [-0.25, -0.2) is 8.78 Å². The maximum absolute atomic E-state index is 14.8. The third kappa shape index (κ3) is 4.62. The third-order valence-corrected chi connectivity index (χ3v) is 7.20. The molecule has 0 unspecified atom stereocenters. The highest BCUT2D eigenvalue weighted by Crippen LogP contribution is 2.49. The quantitative estimate of drug-likeness (QED) is 0.579. The van der Waals surface area contributed by atoms with Gasteiger partial charge in [-0.1, -0.05) is 30.3 Å². The number of nitrogens with zero attached hydrogens (tertiary/aromatic N) is 2. The smallest absolute Gasteiger partial charge is 0.256 e. The van der Waals surface area contributed by atoms with Crippen LogP contribution in [0.5, 0.6) is 0 Å². The van der Waals surface area contributed by atoms with E-state index in [0.29, 0.717) is 24.9 Å². The van der Waals surface area contributed by atoms with Crippen LogP contribution < -0.4 is 10.6 Å². The van der Waals surface area contributed by atoms with Crippen molar-refractivity contribution in [3.8, 4) is 6.07 Å². The van der Waals surface area contributed by atoms with E-state index in [-0.39, 0.29) is 18.7 Å². The number of fused-ring (bicyclic) bond motifs is 3. The van der Waals surface area contributed by atoms with Crippen LogP contribution in [-0.4, -0.2) is 58.3 Å². The summed E-state index contributed by atoms with van der Waals surface area (Å²) >= 11 is 0. The highest BCUT2D eigenvalue weighted by molar-refractivity contribution is 5.91. The highest BCUT2D eigenvalue weighted by atomic mass is 19.3. The zero-order valence-electron chi connectivity index (χ0n) is 18.6. The Morgan fingerprint density at radius 1 is 1.26 bits per heavy atom. The average molecular weight is 475 g/mol. The van der Waals surface area contributed by atoms with Gasteiger partial charge < -0.3 is 20.6 Å². The van der Waals surface area contributed by atoms with Crippen LogP contribution in [0.3, 0.4) is 0 Å². The molecule has 1 aromatic carbocycles. The summed E-state index contributed by atoms with van der Waals surface area (Å²) in [5.74, 6) is -6.89. The van der Waals surface area contributed by atoms with Gasteiger partial charge in [0.1, 0.15) is 12.1 Å². The molecule has 4 aliphatic rings. The predicted octanol–water partition coefficient (Wildman–Crippen LogP) is 1.66. The Bertz CT molecular complexity index is 983. The number of hydrogen-bond donors (Lipinski definition) is 3. The van der Waals surface area contributed by atoms with Crippen molar-refractivity contribution in [1.82, 2.24) is 15.5 Å². The van der Waals surface area contributed by atoms with Gasteiger partial charge in [-0.3, -0.25) is 14.4 Å². The Morgan fingerprint density at radius 2 is 2.00 bits per heavy atom. The maximum atomic E-state index is 14.8. The Balaban J connectivity index is 1.56. The van der Waals surface area contributed by atoms with Crippen LogP contribution in [0.15, 0.2) is 30.3 Å². The highest BCUT2D eigenvalue weighted by Gasteiger charge is 2.61. The van der Waals surface area contributed by atoms with Crippen molar-refractivity contribution in [1.29, 1.82) is 5.26 Å². The lowest BCUT2D eigenvalue weighted by Crippen LogP contribution is -2.69. The molecule has 34 heavy (non-hydrogen) atoms. The zero-order chi connectivity index (χ0) is 24.5. The zero-order valence-corrected chi connectivity index (χ0v) is 18.6. The molecule has 2 bridgehead atoms. The largest absolute Gasteiger partial charge is 0.378 e. The second-order valence-corrected chi connectivity index (χ2v) is 9.36. The minimum Gasteiger partial charge on any atom is -0.378 e. The lowest BCUT2D eigenvalue weighted by molar-refractivity contribution is -0.198. The molecule has 8 nitrogen and oxygen atoms in total. The fraction of sp³-hybridized carbons (Fsp3) is 0.583. The van der Waals surface area contributed by atoms with E-state index in [2.05, 4.69) is 10.6 Å². The topological polar surface area (TPSA) is 123 Å². The fourth-order valence-electron chi connectivity index (χ4n) is 5.49. The predicted molar refractivity (Wildman–Crippen MR) is 116 cm³/mol. The fourth-order valence-corrected chi connectivity index (χ4v) is 5.49. The van der Waals surface area contributed by atoms with Gasteiger partial charge in [-0.2, -0.15) is 5.26 Å². The van der Waals surface area contributed by atoms with Crippen LogP contribution in [0.2, 0.25) is 0 Å². The number of piperidine rings is 3. The molecule has 0 aromatic heterocycles.